The zero-order valence-corrected chi connectivity index (χ0v) is 15.6. The van der Waals surface area contributed by atoms with Gasteiger partial charge in [-0.2, -0.15) is 4.98 Å². The molecule has 0 unspecified atom stereocenters. The second kappa shape index (κ2) is 8.19. The number of hydrogen-bond acceptors (Lipinski definition) is 4. The van der Waals surface area contributed by atoms with E-state index in [-0.39, 0.29) is 12.5 Å². The summed E-state index contributed by atoms with van der Waals surface area (Å²) in [5.41, 5.74) is 1.49. The van der Waals surface area contributed by atoms with Crippen LogP contribution in [0, 0.1) is 0 Å². The third-order valence-electron chi connectivity index (χ3n) is 4.14. The number of carbonyl (C=O) groups is 1. The van der Waals surface area contributed by atoms with Gasteiger partial charge in [-0.25, -0.2) is 0 Å². The van der Waals surface area contributed by atoms with E-state index in [1.54, 1.807) is 17.0 Å². The van der Waals surface area contributed by atoms with Crippen molar-refractivity contribution in [1.82, 2.24) is 19.6 Å². The topological polar surface area (TPSA) is 64.2 Å². The Balaban J connectivity index is 1.78. The van der Waals surface area contributed by atoms with Gasteiger partial charge in [0.15, 0.2) is 0 Å². The minimum atomic E-state index is 0.0467. The van der Waals surface area contributed by atoms with Crippen molar-refractivity contribution >= 4 is 17.5 Å². The summed E-state index contributed by atoms with van der Waals surface area (Å²) < 4.78 is 7.22. The van der Waals surface area contributed by atoms with E-state index in [0.717, 1.165) is 24.9 Å². The molecule has 0 fully saturated rings. The van der Waals surface area contributed by atoms with E-state index in [4.69, 9.17) is 16.1 Å². The fraction of sp³-hybridized carbons (Fsp3) is 0.316. The molecule has 3 aromatic rings. The Morgan fingerprint density at radius 1 is 1.31 bits per heavy atom. The van der Waals surface area contributed by atoms with Crippen molar-refractivity contribution in [2.24, 2.45) is 0 Å². The van der Waals surface area contributed by atoms with Gasteiger partial charge in [-0.3, -0.25) is 4.79 Å². The minimum absolute atomic E-state index is 0.0467. The monoisotopic (exact) mass is 372 g/mol. The number of likely N-dealkylation sites (N-methyl/N-ethyl adjacent to an activating group) is 1. The molecule has 1 aromatic carbocycles. The maximum Gasteiger partial charge on any atom is 0.274 e. The van der Waals surface area contributed by atoms with Crippen molar-refractivity contribution in [2.45, 2.75) is 26.3 Å². The van der Waals surface area contributed by atoms with Crippen molar-refractivity contribution in [3.05, 3.63) is 47.6 Å². The van der Waals surface area contributed by atoms with Crippen molar-refractivity contribution in [2.75, 3.05) is 13.6 Å². The van der Waals surface area contributed by atoms with Crippen LogP contribution in [0.1, 0.15) is 19.8 Å². The van der Waals surface area contributed by atoms with Crippen molar-refractivity contribution in [3.63, 3.8) is 0 Å². The van der Waals surface area contributed by atoms with E-state index in [1.807, 2.05) is 42.1 Å². The molecule has 0 saturated carbocycles. The van der Waals surface area contributed by atoms with E-state index in [2.05, 4.69) is 17.1 Å². The number of benzene rings is 1. The number of unbranched alkanes of at least 4 members (excludes halogenated alkanes) is 1. The van der Waals surface area contributed by atoms with Crippen LogP contribution in [0.2, 0.25) is 5.02 Å². The minimum Gasteiger partial charge on any atom is -0.344 e. The molecule has 2 aromatic heterocycles. The van der Waals surface area contributed by atoms with Crippen LogP contribution in [0.5, 0.6) is 0 Å². The molecular weight excluding hydrogens is 352 g/mol. The van der Waals surface area contributed by atoms with Crippen LogP contribution in [0.3, 0.4) is 0 Å². The van der Waals surface area contributed by atoms with Crippen molar-refractivity contribution < 1.29 is 9.32 Å². The van der Waals surface area contributed by atoms with Gasteiger partial charge in [0.25, 0.3) is 5.89 Å². The van der Waals surface area contributed by atoms with Crippen LogP contribution in [-0.2, 0) is 11.3 Å². The number of carbonyl (C=O) groups excluding carboxylic acids is 1. The van der Waals surface area contributed by atoms with Crippen molar-refractivity contribution in [1.29, 1.82) is 0 Å². The first-order chi connectivity index (χ1) is 12.6. The largest absolute Gasteiger partial charge is 0.344 e. The van der Waals surface area contributed by atoms with Gasteiger partial charge in [0, 0.05) is 30.4 Å². The molecular formula is C19H21ClN4O2. The maximum atomic E-state index is 12.4. The highest BCUT2D eigenvalue weighted by Gasteiger charge is 2.17. The van der Waals surface area contributed by atoms with Crippen molar-refractivity contribution in [3.8, 4) is 23.0 Å². The van der Waals surface area contributed by atoms with Crippen LogP contribution in [0.15, 0.2) is 47.1 Å². The van der Waals surface area contributed by atoms with E-state index in [9.17, 15) is 4.79 Å². The highest BCUT2D eigenvalue weighted by Crippen LogP contribution is 2.24. The van der Waals surface area contributed by atoms with Crippen LogP contribution >= 0.6 is 11.6 Å². The maximum absolute atomic E-state index is 12.4. The van der Waals surface area contributed by atoms with Gasteiger partial charge in [-0.05, 0) is 30.7 Å². The summed E-state index contributed by atoms with van der Waals surface area (Å²) in [5, 5.41) is 4.64. The molecule has 0 atom stereocenters. The summed E-state index contributed by atoms with van der Waals surface area (Å²) in [5.74, 6) is 0.876. The first-order valence-electron chi connectivity index (χ1n) is 8.57. The molecule has 7 heteroatoms. The third-order valence-corrected chi connectivity index (χ3v) is 4.37. The summed E-state index contributed by atoms with van der Waals surface area (Å²) in [7, 11) is 1.82. The van der Waals surface area contributed by atoms with Gasteiger partial charge in [0.2, 0.25) is 11.7 Å². The van der Waals surface area contributed by atoms with Gasteiger partial charge >= 0.3 is 0 Å². The average Bonchev–Trinajstić information content (AvgIpc) is 3.28. The predicted octanol–water partition coefficient (Wildman–Crippen LogP) is 4.12. The third kappa shape index (κ3) is 4.14. The predicted molar refractivity (Wildman–Crippen MR) is 101 cm³/mol. The van der Waals surface area contributed by atoms with Crippen LogP contribution in [0.25, 0.3) is 23.0 Å². The number of hydrogen-bond donors (Lipinski definition) is 0. The lowest BCUT2D eigenvalue weighted by atomic mass is 10.2. The standard InChI is InChI=1S/C19H21ClN4O2/c1-3-4-10-23(2)17(25)13-24-11-6-9-16(24)19-21-18(22-26-19)14-7-5-8-15(20)12-14/h5-9,11-12H,3-4,10,13H2,1-2H3. The molecule has 0 spiro atoms. The number of amides is 1. The number of aromatic nitrogens is 3. The van der Waals surface area contributed by atoms with E-state index >= 15 is 0 Å². The van der Waals surface area contributed by atoms with Gasteiger partial charge in [0.1, 0.15) is 12.2 Å². The molecule has 3 rings (SSSR count). The Bertz CT molecular complexity index is 887. The first-order valence-corrected chi connectivity index (χ1v) is 8.95. The Labute approximate surface area is 157 Å². The normalized spacial score (nSPS) is 10.9. The zero-order chi connectivity index (χ0) is 18.5. The quantitative estimate of drug-likeness (QED) is 0.625. The molecule has 0 radical (unpaired) electrons. The smallest absolute Gasteiger partial charge is 0.274 e. The molecule has 0 bridgehead atoms. The molecule has 1 amide bonds. The summed E-state index contributed by atoms with van der Waals surface area (Å²) in [6, 6.07) is 11.0. The fourth-order valence-electron chi connectivity index (χ4n) is 2.60. The Hall–Kier alpha value is -2.60. The number of rotatable bonds is 7. The Kier molecular flexibility index (Phi) is 5.73. The van der Waals surface area contributed by atoms with Crippen LogP contribution in [-0.4, -0.2) is 39.1 Å². The molecule has 0 aliphatic heterocycles. The SMILES string of the molecule is CCCCN(C)C(=O)Cn1cccc1-c1nc(-c2cccc(Cl)c2)no1. The van der Waals surface area contributed by atoms with Crippen LogP contribution in [0.4, 0.5) is 0 Å². The fourth-order valence-corrected chi connectivity index (χ4v) is 2.80. The van der Waals surface area contributed by atoms with Crippen LogP contribution < -0.4 is 0 Å². The lowest BCUT2D eigenvalue weighted by Crippen LogP contribution is -2.31. The summed E-state index contributed by atoms with van der Waals surface area (Å²) in [4.78, 5) is 18.6. The average molecular weight is 373 g/mol. The van der Waals surface area contributed by atoms with Gasteiger partial charge < -0.3 is 14.0 Å². The molecule has 0 aliphatic carbocycles. The first kappa shape index (κ1) is 18.2. The summed E-state index contributed by atoms with van der Waals surface area (Å²) >= 11 is 6.02. The molecule has 0 saturated heterocycles. The summed E-state index contributed by atoms with van der Waals surface area (Å²) in [6.45, 7) is 3.10. The summed E-state index contributed by atoms with van der Waals surface area (Å²) in [6.07, 6.45) is 3.89. The molecule has 136 valence electrons. The number of halogens is 1. The van der Waals surface area contributed by atoms with Gasteiger partial charge in [-0.1, -0.05) is 42.2 Å². The van der Waals surface area contributed by atoms with E-state index in [1.165, 1.54) is 0 Å². The highest BCUT2D eigenvalue weighted by molar-refractivity contribution is 6.30. The highest BCUT2D eigenvalue weighted by atomic mass is 35.5. The Morgan fingerprint density at radius 2 is 2.15 bits per heavy atom. The van der Waals surface area contributed by atoms with E-state index in [0.29, 0.717) is 22.4 Å². The lowest BCUT2D eigenvalue weighted by Gasteiger charge is -2.17. The lowest BCUT2D eigenvalue weighted by molar-refractivity contribution is -0.130. The second-order valence-electron chi connectivity index (χ2n) is 6.12. The van der Waals surface area contributed by atoms with Gasteiger partial charge in [-0.15, -0.1) is 0 Å². The number of nitrogens with zero attached hydrogens (tertiary/aromatic N) is 4. The molecule has 2 heterocycles. The second-order valence-corrected chi connectivity index (χ2v) is 6.56. The Morgan fingerprint density at radius 3 is 2.92 bits per heavy atom. The molecule has 0 aliphatic rings. The molecule has 0 N–H and O–H groups in total. The van der Waals surface area contributed by atoms with E-state index < -0.39 is 0 Å². The molecule has 6 nitrogen and oxygen atoms in total. The molecule has 26 heavy (non-hydrogen) atoms. The van der Waals surface area contributed by atoms with Gasteiger partial charge in [0.05, 0.1) is 0 Å². The zero-order valence-electron chi connectivity index (χ0n) is 14.9.